The molecule has 8 nitrogen and oxygen atoms in total. The van der Waals surface area contributed by atoms with E-state index in [4.69, 9.17) is 0 Å². The Labute approximate surface area is 139 Å². The second-order valence-corrected chi connectivity index (χ2v) is 7.25. The van der Waals surface area contributed by atoms with Crippen LogP contribution in [0.1, 0.15) is 0 Å². The van der Waals surface area contributed by atoms with Crippen LogP contribution >= 0.6 is 0 Å². The van der Waals surface area contributed by atoms with Crippen molar-refractivity contribution in [3.05, 3.63) is 60.7 Å². The topological polar surface area (TPSA) is 111 Å². The van der Waals surface area contributed by atoms with Gasteiger partial charge in [0.05, 0.1) is 12.4 Å². The summed E-state index contributed by atoms with van der Waals surface area (Å²) in [5, 5.41) is 6.35. The molecule has 0 saturated heterocycles. The summed E-state index contributed by atoms with van der Waals surface area (Å²) in [6.07, 6.45) is 1.67. The second-order valence-electron chi connectivity index (χ2n) is 4.19. The largest absolute Gasteiger partial charge is 0.358 e. The molecule has 0 aliphatic carbocycles. The Morgan fingerprint density at radius 3 is 1.29 bits per heavy atom. The van der Waals surface area contributed by atoms with Gasteiger partial charge in [0.25, 0.3) is 0 Å². The first-order valence-electron chi connectivity index (χ1n) is 6.44. The van der Waals surface area contributed by atoms with Gasteiger partial charge in [0, 0.05) is 0 Å². The van der Waals surface area contributed by atoms with Crippen molar-refractivity contribution in [2.75, 3.05) is 0 Å². The van der Waals surface area contributed by atoms with Gasteiger partial charge in [-0.1, -0.05) is 46.7 Å². The van der Waals surface area contributed by atoms with Crippen molar-refractivity contribution < 1.29 is 25.4 Å². The van der Waals surface area contributed by atoms with E-state index in [1.165, 1.54) is 48.5 Å². The maximum Gasteiger partial charge on any atom is 0.358 e. The molecular weight excluding hydrogens is 356 g/mol. The second kappa shape index (κ2) is 7.70. The molecule has 24 heavy (non-hydrogen) atoms. The number of rotatable bonds is 7. The molecular formula is C14H12N2O6S2. The van der Waals surface area contributed by atoms with E-state index in [9.17, 15) is 16.8 Å². The monoisotopic (exact) mass is 368 g/mol. The number of hydrogen-bond acceptors (Lipinski definition) is 8. The van der Waals surface area contributed by atoms with Crippen LogP contribution in [0, 0.1) is 0 Å². The fourth-order valence-corrected chi connectivity index (χ4v) is 2.96. The van der Waals surface area contributed by atoms with Gasteiger partial charge in [-0.2, -0.15) is 16.8 Å². The van der Waals surface area contributed by atoms with E-state index in [1.54, 1.807) is 12.1 Å². The number of oxime groups is 2. The molecule has 0 atom stereocenters. The lowest BCUT2D eigenvalue weighted by Crippen LogP contribution is -2.03. The highest BCUT2D eigenvalue weighted by atomic mass is 32.2. The maximum atomic E-state index is 11.7. The summed E-state index contributed by atoms with van der Waals surface area (Å²) in [6.45, 7) is 0. The molecule has 0 unspecified atom stereocenters. The molecule has 0 spiro atoms. The van der Waals surface area contributed by atoms with Gasteiger partial charge < -0.3 is 0 Å². The van der Waals surface area contributed by atoms with E-state index in [2.05, 4.69) is 18.9 Å². The van der Waals surface area contributed by atoms with Crippen molar-refractivity contribution in [2.24, 2.45) is 10.3 Å². The SMILES string of the molecule is O=S(=O)(ON=CC=NOS(=O)(=O)c1ccccc1)c1ccccc1. The molecule has 0 aliphatic heterocycles. The zero-order valence-electron chi connectivity index (χ0n) is 12.1. The van der Waals surface area contributed by atoms with Gasteiger partial charge >= 0.3 is 20.2 Å². The predicted molar refractivity (Wildman–Crippen MR) is 86.4 cm³/mol. The summed E-state index contributed by atoms with van der Waals surface area (Å²) in [7, 11) is -8.07. The summed E-state index contributed by atoms with van der Waals surface area (Å²) >= 11 is 0. The number of nitrogens with zero attached hydrogens (tertiary/aromatic N) is 2. The minimum absolute atomic E-state index is 0.0676. The highest BCUT2D eigenvalue weighted by Gasteiger charge is 2.15. The molecule has 126 valence electrons. The summed E-state index contributed by atoms with van der Waals surface area (Å²) in [5.74, 6) is 0. The molecule has 10 heteroatoms. The average molecular weight is 368 g/mol. The molecule has 0 radical (unpaired) electrons. The van der Waals surface area contributed by atoms with Gasteiger partial charge in [0.2, 0.25) is 0 Å². The van der Waals surface area contributed by atoms with E-state index < -0.39 is 20.2 Å². The summed E-state index contributed by atoms with van der Waals surface area (Å²) in [4.78, 5) is -0.135. The molecule has 0 bridgehead atoms. The first kappa shape index (κ1) is 17.6. The van der Waals surface area contributed by atoms with Crippen molar-refractivity contribution in [2.45, 2.75) is 9.79 Å². The van der Waals surface area contributed by atoms with Crippen LogP contribution in [0.2, 0.25) is 0 Å². The predicted octanol–water partition coefficient (Wildman–Crippen LogP) is 1.77. The van der Waals surface area contributed by atoms with Crippen LogP contribution in [0.15, 0.2) is 80.8 Å². The molecule has 2 rings (SSSR count). The van der Waals surface area contributed by atoms with E-state index in [0.29, 0.717) is 0 Å². The normalized spacial score (nSPS) is 12.5. The van der Waals surface area contributed by atoms with Crippen LogP contribution in [0.4, 0.5) is 0 Å². The highest BCUT2D eigenvalue weighted by Crippen LogP contribution is 2.12. The van der Waals surface area contributed by atoms with Crippen LogP contribution in [-0.4, -0.2) is 29.3 Å². The zero-order valence-corrected chi connectivity index (χ0v) is 13.7. The first-order valence-corrected chi connectivity index (χ1v) is 9.26. The van der Waals surface area contributed by atoms with Crippen LogP contribution < -0.4 is 0 Å². The van der Waals surface area contributed by atoms with Crippen molar-refractivity contribution >= 4 is 32.7 Å². The quantitative estimate of drug-likeness (QED) is 0.544. The summed E-state index contributed by atoms with van der Waals surface area (Å²) in [5.41, 5.74) is 0. The minimum atomic E-state index is -4.04. The molecule has 0 saturated carbocycles. The Morgan fingerprint density at radius 1 is 0.625 bits per heavy atom. The van der Waals surface area contributed by atoms with Gasteiger partial charge in [0.15, 0.2) is 0 Å². The molecule has 0 amide bonds. The fourth-order valence-electron chi connectivity index (χ4n) is 1.48. The Bertz CT molecular complexity index is 844. The molecule has 0 aliphatic rings. The van der Waals surface area contributed by atoms with Gasteiger partial charge in [-0.25, -0.2) is 0 Å². The van der Waals surface area contributed by atoms with Crippen molar-refractivity contribution in [3.63, 3.8) is 0 Å². The third-order valence-electron chi connectivity index (χ3n) is 2.53. The van der Waals surface area contributed by atoms with E-state index in [1.807, 2.05) is 0 Å². The smallest absolute Gasteiger partial charge is 0.265 e. The standard InChI is InChI=1S/C14H12N2O6S2/c17-23(18,13-7-3-1-4-8-13)21-15-11-12-16-22-24(19,20)14-9-5-2-6-10-14/h1-12H. The molecule has 0 fully saturated rings. The summed E-state index contributed by atoms with van der Waals surface area (Å²) in [6, 6.07) is 14.8. The molecule has 0 aromatic heterocycles. The molecule has 2 aromatic carbocycles. The van der Waals surface area contributed by atoms with Gasteiger partial charge in [-0.15, -0.1) is 0 Å². The lowest BCUT2D eigenvalue weighted by Gasteiger charge is -2.00. The lowest BCUT2D eigenvalue weighted by molar-refractivity contribution is 0.337. The van der Waals surface area contributed by atoms with Gasteiger partial charge in [-0.3, -0.25) is 8.57 Å². The van der Waals surface area contributed by atoms with E-state index in [0.717, 1.165) is 12.4 Å². The Kier molecular flexibility index (Phi) is 5.66. The third-order valence-corrected chi connectivity index (χ3v) is 4.80. The zero-order chi connectivity index (χ0) is 17.5. The fraction of sp³-hybridized carbons (Fsp3) is 0. The Balaban J connectivity index is 1.92. The first-order chi connectivity index (χ1) is 11.4. The van der Waals surface area contributed by atoms with Crippen LogP contribution in [-0.2, 0) is 28.8 Å². The molecule has 0 heterocycles. The molecule has 2 aromatic rings. The molecule has 0 N–H and O–H groups in total. The number of hydrogen-bond donors (Lipinski definition) is 0. The highest BCUT2D eigenvalue weighted by molar-refractivity contribution is 7.87. The van der Waals surface area contributed by atoms with Crippen molar-refractivity contribution in [3.8, 4) is 0 Å². The van der Waals surface area contributed by atoms with E-state index >= 15 is 0 Å². The Hall–Kier alpha value is -2.72. The lowest BCUT2D eigenvalue weighted by atomic mass is 10.4. The van der Waals surface area contributed by atoms with Gasteiger partial charge in [0.1, 0.15) is 9.79 Å². The maximum absolute atomic E-state index is 11.7. The van der Waals surface area contributed by atoms with Gasteiger partial charge in [-0.05, 0) is 24.3 Å². The number of benzene rings is 2. The average Bonchev–Trinajstić information content (AvgIpc) is 2.59. The van der Waals surface area contributed by atoms with E-state index in [-0.39, 0.29) is 9.79 Å². The van der Waals surface area contributed by atoms with Crippen LogP contribution in [0.3, 0.4) is 0 Å². The van der Waals surface area contributed by atoms with Crippen molar-refractivity contribution in [1.29, 1.82) is 0 Å². The van der Waals surface area contributed by atoms with Crippen LogP contribution in [0.25, 0.3) is 0 Å². The van der Waals surface area contributed by atoms with Crippen molar-refractivity contribution in [1.82, 2.24) is 0 Å². The third kappa shape index (κ3) is 4.89. The Morgan fingerprint density at radius 2 is 0.958 bits per heavy atom. The summed E-state index contributed by atoms with van der Waals surface area (Å²) < 4.78 is 55.6. The minimum Gasteiger partial charge on any atom is -0.265 e. The van der Waals surface area contributed by atoms with Crippen LogP contribution in [0.5, 0.6) is 0 Å².